The third-order valence-electron chi connectivity index (χ3n) is 2.37. The third-order valence-corrected chi connectivity index (χ3v) is 3.49. The van der Waals surface area contributed by atoms with Crippen molar-refractivity contribution in [3.63, 3.8) is 0 Å². The van der Waals surface area contributed by atoms with Crippen LogP contribution in [0, 0.1) is 0 Å². The number of rotatable bonds is 5. The minimum atomic E-state index is 0.517. The summed E-state index contributed by atoms with van der Waals surface area (Å²) in [4.78, 5) is 9.75. The summed E-state index contributed by atoms with van der Waals surface area (Å²) < 4.78 is 5.11. The smallest absolute Gasteiger partial charge is 0.0977 e. The number of ether oxygens (including phenoxy) is 1. The fourth-order valence-corrected chi connectivity index (χ4v) is 2.58. The molecule has 0 saturated carbocycles. The lowest BCUT2D eigenvalue weighted by molar-refractivity contribution is 0.181. The van der Waals surface area contributed by atoms with E-state index < -0.39 is 0 Å². The molecule has 0 spiro atoms. The van der Waals surface area contributed by atoms with Gasteiger partial charge in [0.05, 0.1) is 17.3 Å². The van der Waals surface area contributed by atoms with E-state index in [1.165, 1.54) is 0 Å². The quantitative estimate of drug-likeness (QED) is 0.876. The van der Waals surface area contributed by atoms with Crippen LogP contribution in [-0.4, -0.2) is 17.1 Å². The SMILES string of the molecule is COCc1nc(Cc2cccnc2)sc1CN. The molecule has 0 saturated heterocycles. The molecule has 0 aromatic carbocycles. The zero-order chi connectivity index (χ0) is 12.1. The minimum absolute atomic E-state index is 0.517. The van der Waals surface area contributed by atoms with Crippen LogP contribution in [-0.2, 0) is 24.3 Å². The maximum atomic E-state index is 5.69. The molecule has 2 aromatic rings. The molecule has 0 aliphatic rings. The average molecular weight is 249 g/mol. The molecule has 4 nitrogen and oxygen atoms in total. The average Bonchev–Trinajstić information content (AvgIpc) is 2.73. The summed E-state index contributed by atoms with van der Waals surface area (Å²) >= 11 is 1.65. The van der Waals surface area contributed by atoms with Crippen LogP contribution in [0.4, 0.5) is 0 Å². The minimum Gasteiger partial charge on any atom is -0.378 e. The molecule has 2 N–H and O–H groups in total. The molecule has 2 aromatic heterocycles. The lowest BCUT2D eigenvalue weighted by atomic mass is 10.2. The molecule has 0 bridgehead atoms. The van der Waals surface area contributed by atoms with Gasteiger partial charge in [-0.15, -0.1) is 11.3 Å². The highest BCUT2D eigenvalue weighted by molar-refractivity contribution is 7.11. The number of methoxy groups -OCH3 is 1. The van der Waals surface area contributed by atoms with Gasteiger partial charge in [-0.1, -0.05) is 6.07 Å². The van der Waals surface area contributed by atoms with Crippen molar-refractivity contribution in [2.24, 2.45) is 5.73 Å². The Morgan fingerprint density at radius 2 is 2.35 bits per heavy atom. The zero-order valence-electron chi connectivity index (χ0n) is 9.72. The summed E-state index contributed by atoms with van der Waals surface area (Å²) in [6.45, 7) is 1.04. The van der Waals surface area contributed by atoms with Gasteiger partial charge in [0, 0.05) is 37.3 Å². The highest BCUT2D eigenvalue weighted by Crippen LogP contribution is 2.21. The van der Waals surface area contributed by atoms with E-state index in [0.717, 1.165) is 27.6 Å². The van der Waals surface area contributed by atoms with E-state index in [9.17, 15) is 0 Å². The standard InChI is InChI=1S/C12H15N3OS/c1-16-8-10-11(6-13)17-12(15-10)5-9-3-2-4-14-7-9/h2-4,7H,5-6,8,13H2,1H3. The number of pyridine rings is 1. The molecule has 0 atom stereocenters. The van der Waals surface area contributed by atoms with E-state index >= 15 is 0 Å². The Morgan fingerprint density at radius 1 is 1.47 bits per heavy atom. The fourth-order valence-electron chi connectivity index (χ4n) is 1.60. The van der Waals surface area contributed by atoms with Crippen molar-refractivity contribution in [2.45, 2.75) is 19.6 Å². The van der Waals surface area contributed by atoms with Crippen LogP contribution in [0.15, 0.2) is 24.5 Å². The van der Waals surface area contributed by atoms with E-state index in [-0.39, 0.29) is 0 Å². The number of nitrogens with zero attached hydrogens (tertiary/aromatic N) is 2. The number of nitrogens with two attached hydrogens (primary N) is 1. The lowest BCUT2D eigenvalue weighted by Gasteiger charge is -1.96. The molecule has 17 heavy (non-hydrogen) atoms. The van der Waals surface area contributed by atoms with Crippen molar-refractivity contribution in [1.82, 2.24) is 9.97 Å². The van der Waals surface area contributed by atoms with Crippen LogP contribution in [0.1, 0.15) is 21.1 Å². The van der Waals surface area contributed by atoms with Gasteiger partial charge in [-0.2, -0.15) is 0 Å². The van der Waals surface area contributed by atoms with Crippen LogP contribution in [0.2, 0.25) is 0 Å². The molecule has 0 amide bonds. The van der Waals surface area contributed by atoms with Gasteiger partial charge in [0.25, 0.3) is 0 Å². The first kappa shape index (κ1) is 12.2. The molecule has 0 aliphatic carbocycles. The molecule has 2 heterocycles. The van der Waals surface area contributed by atoms with Gasteiger partial charge in [-0.05, 0) is 11.6 Å². The maximum Gasteiger partial charge on any atom is 0.0977 e. The summed E-state index contributed by atoms with van der Waals surface area (Å²) in [6.07, 6.45) is 4.43. The maximum absolute atomic E-state index is 5.69. The molecular formula is C12H15N3OS. The Hall–Kier alpha value is -1.30. The Kier molecular flexibility index (Phi) is 4.19. The van der Waals surface area contributed by atoms with E-state index in [2.05, 4.69) is 9.97 Å². The summed E-state index contributed by atoms with van der Waals surface area (Å²) in [5.74, 6) is 0. The van der Waals surface area contributed by atoms with Crippen molar-refractivity contribution in [2.75, 3.05) is 7.11 Å². The summed E-state index contributed by atoms with van der Waals surface area (Å²) in [6, 6.07) is 3.98. The van der Waals surface area contributed by atoms with Crippen molar-refractivity contribution in [3.8, 4) is 0 Å². The van der Waals surface area contributed by atoms with Crippen molar-refractivity contribution >= 4 is 11.3 Å². The predicted molar refractivity (Wildman–Crippen MR) is 67.8 cm³/mol. The normalized spacial score (nSPS) is 10.7. The molecule has 2 rings (SSSR count). The molecule has 0 unspecified atom stereocenters. The second-order valence-electron chi connectivity index (χ2n) is 3.65. The zero-order valence-corrected chi connectivity index (χ0v) is 10.5. The van der Waals surface area contributed by atoms with E-state index in [0.29, 0.717) is 13.2 Å². The molecule has 90 valence electrons. The number of hydrogen-bond acceptors (Lipinski definition) is 5. The van der Waals surface area contributed by atoms with Crippen LogP contribution >= 0.6 is 11.3 Å². The van der Waals surface area contributed by atoms with Crippen LogP contribution in [0.3, 0.4) is 0 Å². The fraction of sp³-hybridized carbons (Fsp3) is 0.333. The van der Waals surface area contributed by atoms with E-state index in [1.807, 2.05) is 18.3 Å². The second kappa shape index (κ2) is 5.86. The Morgan fingerprint density at radius 3 is 3.00 bits per heavy atom. The van der Waals surface area contributed by atoms with Crippen molar-refractivity contribution in [1.29, 1.82) is 0 Å². The van der Waals surface area contributed by atoms with Gasteiger partial charge < -0.3 is 10.5 Å². The summed E-state index contributed by atoms with van der Waals surface area (Å²) in [5.41, 5.74) is 7.81. The molecular weight excluding hydrogens is 234 g/mol. The first-order valence-electron chi connectivity index (χ1n) is 5.39. The molecule has 0 aliphatic heterocycles. The molecule has 5 heteroatoms. The first-order chi connectivity index (χ1) is 8.33. The highest BCUT2D eigenvalue weighted by atomic mass is 32.1. The Bertz CT molecular complexity index is 470. The summed E-state index contributed by atoms with van der Waals surface area (Å²) in [7, 11) is 1.67. The number of hydrogen-bond donors (Lipinski definition) is 1. The van der Waals surface area contributed by atoms with Gasteiger partial charge in [-0.3, -0.25) is 4.98 Å². The van der Waals surface area contributed by atoms with Gasteiger partial charge in [0.15, 0.2) is 0 Å². The van der Waals surface area contributed by atoms with Gasteiger partial charge in [-0.25, -0.2) is 4.98 Å². The number of aromatic nitrogens is 2. The Balaban J connectivity index is 2.16. The highest BCUT2D eigenvalue weighted by Gasteiger charge is 2.10. The van der Waals surface area contributed by atoms with Crippen LogP contribution < -0.4 is 5.73 Å². The predicted octanol–water partition coefficient (Wildman–Crippen LogP) is 1.73. The second-order valence-corrected chi connectivity index (χ2v) is 4.82. The van der Waals surface area contributed by atoms with Crippen LogP contribution in [0.25, 0.3) is 0 Å². The molecule has 0 radical (unpaired) electrons. The van der Waals surface area contributed by atoms with Gasteiger partial charge >= 0.3 is 0 Å². The lowest BCUT2D eigenvalue weighted by Crippen LogP contribution is -1.99. The van der Waals surface area contributed by atoms with Gasteiger partial charge in [0.1, 0.15) is 0 Å². The topological polar surface area (TPSA) is 61.0 Å². The molecule has 0 fully saturated rings. The van der Waals surface area contributed by atoms with Crippen molar-refractivity contribution < 1.29 is 4.74 Å². The largest absolute Gasteiger partial charge is 0.378 e. The third kappa shape index (κ3) is 3.09. The van der Waals surface area contributed by atoms with Gasteiger partial charge in [0.2, 0.25) is 0 Å². The van der Waals surface area contributed by atoms with E-state index in [4.69, 9.17) is 10.5 Å². The first-order valence-corrected chi connectivity index (χ1v) is 6.20. The van der Waals surface area contributed by atoms with E-state index in [1.54, 1.807) is 24.6 Å². The van der Waals surface area contributed by atoms with Crippen molar-refractivity contribution in [3.05, 3.63) is 45.7 Å². The van der Waals surface area contributed by atoms with Crippen LogP contribution in [0.5, 0.6) is 0 Å². The monoisotopic (exact) mass is 249 g/mol. The summed E-state index contributed by atoms with van der Waals surface area (Å²) in [5, 5.41) is 1.06. The number of thiazole rings is 1. The Labute approximate surface area is 104 Å².